The highest BCUT2D eigenvalue weighted by molar-refractivity contribution is 7.90. The zero-order valence-corrected chi connectivity index (χ0v) is 24.6. The van der Waals surface area contributed by atoms with Gasteiger partial charge >= 0.3 is 0 Å². The van der Waals surface area contributed by atoms with Crippen molar-refractivity contribution in [3.05, 3.63) is 40.0 Å². The summed E-state index contributed by atoms with van der Waals surface area (Å²) in [6.45, 7) is 6.48. The van der Waals surface area contributed by atoms with Gasteiger partial charge in [0.05, 0.1) is 27.0 Å². The normalized spacial score (nSPS) is 17.8. The number of nitrogens with zero attached hydrogens (tertiary/aromatic N) is 4. The van der Waals surface area contributed by atoms with Crippen LogP contribution in [0.1, 0.15) is 54.0 Å². The number of thiazole rings is 1. The first-order valence-corrected chi connectivity index (χ1v) is 16.2. The van der Waals surface area contributed by atoms with E-state index in [-0.39, 0.29) is 22.9 Å². The third kappa shape index (κ3) is 5.23. The van der Waals surface area contributed by atoms with E-state index >= 15 is 0 Å². The summed E-state index contributed by atoms with van der Waals surface area (Å²) in [6.07, 6.45) is 5.61. The number of nitrogens with one attached hydrogen (secondary N) is 2. The number of aryl methyl sites for hydroxylation is 3. The standard InChI is InChI=1S/C28H32N6O4S2/c1-15-25(30-17(3)39-15)19-10-11-20(22(13-19)40(4,36)37)31-21-14-23(33-28(35)18-8-9-18)32-27-26(21)29-16(2)34(27)24-7-5-6-12-38-24/h10-11,13-14,18,24H,5-9,12H2,1-4H3,(H2,31,32,33,35). The number of aromatic nitrogens is 4. The minimum Gasteiger partial charge on any atom is -0.358 e. The van der Waals surface area contributed by atoms with E-state index in [1.165, 1.54) is 6.26 Å². The fraction of sp³-hybridized carbons (Fsp3) is 0.429. The predicted octanol–water partition coefficient (Wildman–Crippen LogP) is 5.67. The molecule has 1 saturated carbocycles. The van der Waals surface area contributed by atoms with Crippen molar-refractivity contribution in [1.29, 1.82) is 0 Å². The maximum atomic E-state index is 13.0. The first kappa shape index (κ1) is 26.9. The van der Waals surface area contributed by atoms with Gasteiger partial charge in [0, 0.05) is 35.3 Å². The Labute approximate surface area is 237 Å². The van der Waals surface area contributed by atoms with Gasteiger partial charge in [-0.15, -0.1) is 11.3 Å². The summed E-state index contributed by atoms with van der Waals surface area (Å²) < 4.78 is 34.0. The molecule has 10 nitrogen and oxygen atoms in total. The number of rotatable bonds is 7. The number of benzene rings is 1. The van der Waals surface area contributed by atoms with E-state index in [1.807, 2.05) is 31.4 Å². The molecule has 0 radical (unpaired) electrons. The van der Waals surface area contributed by atoms with Crippen LogP contribution in [0.3, 0.4) is 0 Å². The highest BCUT2D eigenvalue weighted by Crippen LogP contribution is 2.37. The number of carbonyl (C=O) groups is 1. The number of anilines is 3. The lowest BCUT2D eigenvalue weighted by atomic mass is 10.1. The van der Waals surface area contributed by atoms with E-state index in [0.29, 0.717) is 35.0 Å². The zero-order chi connectivity index (χ0) is 28.2. The molecule has 40 heavy (non-hydrogen) atoms. The van der Waals surface area contributed by atoms with E-state index in [2.05, 4.69) is 15.6 Å². The summed E-state index contributed by atoms with van der Waals surface area (Å²) in [5, 5.41) is 7.19. The van der Waals surface area contributed by atoms with Gasteiger partial charge in [-0.1, -0.05) is 6.07 Å². The molecule has 4 heterocycles. The van der Waals surface area contributed by atoms with Gasteiger partial charge in [-0.25, -0.2) is 23.4 Å². The Bertz CT molecular complexity index is 1730. The predicted molar refractivity (Wildman–Crippen MR) is 156 cm³/mol. The van der Waals surface area contributed by atoms with Crippen molar-refractivity contribution in [2.45, 2.75) is 64.0 Å². The van der Waals surface area contributed by atoms with Crippen LogP contribution in [-0.2, 0) is 19.4 Å². The lowest BCUT2D eigenvalue weighted by molar-refractivity contribution is -0.117. The van der Waals surface area contributed by atoms with E-state index in [1.54, 1.807) is 29.5 Å². The van der Waals surface area contributed by atoms with E-state index in [0.717, 1.165) is 59.1 Å². The molecule has 0 spiro atoms. The van der Waals surface area contributed by atoms with Crippen molar-refractivity contribution in [1.82, 2.24) is 19.5 Å². The van der Waals surface area contributed by atoms with Gasteiger partial charge in [0.2, 0.25) is 5.91 Å². The fourth-order valence-electron chi connectivity index (χ4n) is 5.20. The quantitative estimate of drug-likeness (QED) is 0.286. The summed E-state index contributed by atoms with van der Waals surface area (Å²) >= 11 is 1.58. The number of sulfone groups is 1. The molecule has 1 amide bonds. The molecule has 1 aliphatic heterocycles. The van der Waals surface area contributed by atoms with E-state index < -0.39 is 9.84 Å². The molecule has 2 aliphatic rings. The number of ether oxygens (including phenoxy) is 1. The molecule has 6 rings (SSSR count). The molecule has 0 bridgehead atoms. The van der Waals surface area contributed by atoms with Crippen LogP contribution in [0, 0.1) is 26.7 Å². The lowest BCUT2D eigenvalue weighted by Gasteiger charge is -2.25. The number of hydrogen-bond acceptors (Lipinski definition) is 9. The van der Waals surface area contributed by atoms with E-state index in [9.17, 15) is 13.2 Å². The number of hydrogen-bond donors (Lipinski definition) is 2. The second kappa shape index (κ2) is 10.2. The molecule has 3 aromatic heterocycles. The second-order valence-electron chi connectivity index (χ2n) is 10.6. The Kier molecular flexibility index (Phi) is 6.87. The van der Waals surface area contributed by atoms with Crippen LogP contribution in [-0.4, -0.2) is 46.7 Å². The molecule has 1 unspecified atom stereocenters. The minimum atomic E-state index is -3.61. The molecule has 2 fully saturated rings. The third-order valence-corrected chi connectivity index (χ3v) is 9.32. The maximum absolute atomic E-state index is 13.0. The minimum absolute atomic E-state index is 0.00409. The smallest absolute Gasteiger partial charge is 0.228 e. The lowest BCUT2D eigenvalue weighted by Crippen LogP contribution is -2.20. The average Bonchev–Trinajstić information content (AvgIpc) is 3.63. The van der Waals surface area contributed by atoms with Gasteiger partial charge in [-0.3, -0.25) is 9.36 Å². The summed E-state index contributed by atoms with van der Waals surface area (Å²) in [6, 6.07) is 7.00. The molecule has 1 aromatic carbocycles. The largest absolute Gasteiger partial charge is 0.358 e. The highest BCUT2D eigenvalue weighted by Gasteiger charge is 2.31. The third-order valence-electron chi connectivity index (χ3n) is 7.30. The first-order valence-electron chi connectivity index (χ1n) is 13.5. The van der Waals surface area contributed by atoms with Crippen molar-refractivity contribution < 1.29 is 17.9 Å². The summed E-state index contributed by atoms with van der Waals surface area (Å²) in [5.74, 6) is 1.06. The Morgan fingerprint density at radius 1 is 1.05 bits per heavy atom. The van der Waals surface area contributed by atoms with Gasteiger partial charge in [-0.2, -0.15) is 0 Å². The fourth-order valence-corrected chi connectivity index (χ4v) is 6.90. The highest BCUT2D eigenvalue weighted by atomic mass is 32.2. The molecule has 210 valence electrons. The Hall–Kier alpha value is -3.35. The molecule has 12 heteroatoms. The van der Waals surface area contributed by atoms with Crippen molar-refractivity contribution in [2.24, 2.45) is 5.92 Å². The molecule has 1 saturated heterocycles. The van der Waals surface area contributed by atoms with Gasteiger partial charge in [0.1, 0.15) is 23.4 Å². The van der Waals surface area contributed by atoms with Crippen LogP contribution in [0.2, 0.25) is 0 Å². The Balaban J connectivity index is 1.47. The van der Waals surface area contributed by atoms with Crippen LogP contribution in [0.25, 0.3) is 22.4 Å². The zero-order valence-electron chi connectivity index (χ0n) is 22.9. The number of amides is 1. The Morgan fingerprint density at radius 3 is 2.50 bits per heavy atom. The van der Waals surface area contributed by atoms with Crippen LogP contribution < -0.4 is 10.6 Å². The SMILES string of the molecule is Cc1nc(-c2ccc(Nc3cc(NC(=O)C4CC4)nc4c3nc(C)n4C3CCCCO3)c(S(C)(=O)=O)c2)c(C)s1. The van der Waals surface area contributed by atoms with Gasteiger partial charge in [0.15, 0.2) is 15.5 Å². The molecule has 4 aromatic rings. The number of imidazole rings is 1. The topological polar surface area (TPSA) is 128 Å². The van der Waals surface area contributed by atoms with Crippen LogP contribution in [0.5, 0.6) is 0 Å². The molecule has 2 N–H and O–H groups in total. The summed E-state index contributed by atoms with van der Waals surface area (Å²) in [4.78, 5) is 28.0. The van der Waals surface area contributed by atoms with Gasteiger partial charge in [-0.05, 0) is 65.0 Å². The second-order valence-corrected chi connectivity index (χ2v) is 14.0. The van der Waals surface area contributed by atoms with Crippen LogP contribution in [0.15, 0.2) is 29.2 Å². The van der Waals surface area contributed by atoms with Crippen molar-refractivity contribution in [3.8, 4) is 11.3 Å². The molecule has 1 aliphatic carbocycles. The summed E-state index contributed by atoms with van der Waals surface area (Å²) in [7, 11) is -3.61. The van der Waals surface area contributed by atoms with Crippen molar-refractivity contribution in [3.63, 3.8) is 0 Å². The van der Waals surface area contributed by atoms with Crippen molar-refractivity contribution in [2.75, 3.05) is 23.5 Å². The first-order chi connectivity index (χ1) is 19.1. The number of fused-ring (bicyclic) bond motifs is 1. The Morgan fingerprint density at radius 2 is 1.85 bits per heavy atom. The summed E-state index contributed by atoms with van der Waals surface area (Å²) in [5.41, 5.74) is 3.62. The maximum Gasteiger partial charge on any atom is 0.228 e. The molecular weight excluding hydrogens is 548 g/mol. The van der Waals surface area contributed by atoms with Crippen molar-refractivity contribution >= 4 is 55.4 Å². The van der Waals surface area contributed by atoms with Gasteiger partial charge in [0.25, 0.3) is 0 Å². The number of carbonyl (C=O) groups excluding carboxylic acids is 1. The molecule has 1 atom stereocenters. The van der Waals surface area contributed by atoms with E-state index in [4.69, 9.17) is 14.7 Å². The van der Waals surface area contributed by atoms with Gasteiger partial charge < -0.3 is 15.4 Å². The monoisotopic (exact) mass is 580 g/mol. The molecular formula is C28H32N6O4S2. The number of pyridine rings is 1. The van der Waals surface area contributed by atoms with Crippen LogP contribution >= 0.6 is 11.3 Å². The average molecular weight is 581 g/mol. The van der Waals surface area contributed by atoms with Crippen LogP contribution in [0.4, 0.5) is 17.2 Å².